The predicted octanol–water partition coefficient (Wildman–Crippen LogP) is 2.49. The number of rotatable bonds is 3. The van der Waals surface area contributed by atoms with Crippen LogP contribution in [0.4, 0.5) is 0 Å². The summed E-state index contributed by atoms with van der Waals surface area (Å²) in [7, 11) is 0. The Kier molecular flexibility index (Phi) is 6.43. The van der Waals surface area contributed by atoms with Crippen molar-refractivity contribution in [3.63, 3.8) is 0 Å². The minimum Gasteiger partial charge on any atom is -0.350 e. The maximum Gasteiger partial charge on any atom is 0.252 e. The van der Waals surface area contributed by atoms with Gasteiger partial charge in [0.15, 0.2) is 0 Å². The number of carbonyl (C=O) groups is 1. The Morgan fingerprint density at radius 2 is 2.06 bits per heavy atom. The van der Waals surface area contributed by atoms with E-state index in [2.05, 4.69) is 27.9 Å². The van der Waals surface area contributed by atoms with Gasteiger partial charge in [-0.05, 0) is 55.5 Å². The van der Waals surface area contributed by atoms with Gasteiger partial charge in [0.25, 0.3) is 5.91 Å². The molecule has 96 valence electrons. The highest BCUT2D eigenvalue weighted by Gasteiger charge is 2.15. The van der Waals surface area contributed by atoms with Crippen LogP contribution in [0.3, 0.4) is 0 Å². The quantitative estimate of drug-likeness (QED) is 0.806. The van der Waals surface area contributed by atoms with E-state index in [-0.39, 0.29) is 23.9 Å². The number of halogens is 2. The molecule has 0 saturated heterocycles. The van der Waals surface area contributed by atoms with Crippen molar-refractivity contribution in [2.75, 3.05) is 6.54 Å². The molecule has 0 aliphatic rings. The molecule has 0 radical (unpaired) electrons. The molecule has 0 atom stereocenters. The van der Waals surface area contributed by atoms with Gasteiger partial charge in [-0.1, -0.05) is 11.6 Å². The summed E-state index contributed by atoms with van der Waals surface area (Å²) in [5, 5.41) is 2.84. The number of aryl methyl sites for hydroxylation is 1. The highest BCUT2D eigenvalue weighted by atomic mass is 127. The maximum absolute atomic E-state index is 11.9. The molecule has 0 aliphatic carbocycles. The van der Waals surface area contributed by atoms with Crippen LogP contribution >= 0.6 is 35.0 Å². The minimum atomic E-state index is -0.384. The van der Waals surface area contributed by atoms with Gasteiger partial charge in [0.1, 0.15) is 0 Å². The SMILES string of the molecule is Cc1ccc(I)c(C(=O)NCC(C)(C)N)c1.Cl. The molecule has 17 heavy (non-hydrogen) atoms. The Balaban J connectivity index is 0.00000256. The second kappa shape index (κ2) is 6.56. The summed E-state index contributed by atoms with van der Waals surface area (Å²) in [4.78, 5) is 11.9. The summed E-state index contributed by atoms with van der Waals surface area (Å²) in [5.74, 6) is -0.0633. The highest BCUT2D eigenvalue weighted by molar-refractivity contribution is 14.1. The van der Waals surface area contributed by atoms with Crippen molar-refractivity contribution in [3.8, 4) is 0 Å². The van der Waals surface area contributed by atoms with Gasteiger partial charge < -0.3 is 11.1 Å². The largest absolute Gasteiger partial charge is 0.350 e. The van der Waals surface area contributed by atoms with Gasteiger partial charge >= 0.3 is 0 Å². The van der Waals surface area contributed by atoms with Crippen LogP contribution < -0.4 is 11.1 Å². The Morgan fingerprint density at radius 1 is 1.47 bits per heavy atom. The van der Waals surface area contributed by atoms with E-state index in [1.54, 1.807) is 0 Å². The number of hydrogen-bond donors (Lipinski definition) is 2. The van der Waals surface area contributed by atoms with Gasteiger partial charge in [-0.15, -0.1) is 12.4 Å². The molecule has 0 fully saturated rings. The van der Waals surface area contributed by atoms with Gasteiger partial charge in [0.05, 0.1) is 5.56 Å². The summed E-state index contributed by atoms with van der Waals surface area (Å²) in [6.07, 6.45) is 0. The fraction of sp³-hybridized carbons (Fsp3) is 0.417. The van der Waals surface area contributed by atoms with Crippen LogP contribution in [0.15, 0.2) is 18.2 Å². The molecule has 1 rings (SSSR count). The third-order valence-corrected chi connectivity index (χ3v) is 3.01. The first-order valence-corrected chi connectivity index (χ1v) is 6.21. The molecule has 3 nitrogen and oxygen atoms in total. The summed E-state index contributed by atoms with van der Waals surface area (Å²) in [6, 6.07) is 5.82. The van der Waals surface area contributed by atoms with Crippen LogP contribution in [0.2, 0.25) is 0 Å². The molecule has 3 N–H and O–H groups in total. The van der Waals surface area contributed by atoms with Crippen molar-refractivity contribution in [1.82, 2.24) is 5.32 Å². The van der Waals surface area contributed by atoms with E-state index in [4.69, 9.17) is 5.73 Å². The van der Waals surface area contributed by atoms with Crippen LogP contribution in [0.5, 0.6) is 0 Å². The van der Waals surface area contributed by atoms with Crippen LogP contribution in [0, 0.1) is 10.5 Å². The molecule has 0 aromatic heterocycles. The summed E-state index contributed by atoms with van der Waals surface area (Å²) in [6.45, 7) is 6.21. The zero-order valence-electron chi connectivity index (χ0n) is 10.2. The minimum absolute atomic E-state index is 0. The second-order valence-electron chi connectivity index (χ2n) is 4.65. The molecule has 0 bridgehead atoms. The second-order valence-corrected chi connectivity index (χ2v) is 5.82. The lowest BCUT2D eigenvalue weighted by atomic mass is 10.1. The molecule has 1 aromatic carbocycles. The smallest absolute Gasteiger partial charge is 0.252 e. The fourth-order valence-corrected chi connectivity index (χ4v) is 1.80. The normalized spacial score (nSPS) is 10.6. The molecule has 0 saturated carbocycles. The number of nitrogens with two attached hydrogens (primary N) is 1. The number of carbonyl (C=O) groups excluding carboxylic acids is 1. The lowest BCUT2D eigenvalue weighted by Crippen LogP contribution is -2.45. The van der Waals surface area contributed by atoms with Gasteiger partial charge in [-0.3, -0.25) is 4.79 Å². The monoisotopic (exact) mass is 368 g/mol. The molecule has 0 aliphatic heterocycles. The van der Waals surface area contributed by atoms with Crippen molar-refractivity contribution in [3.05, 3.63) is 32.9 Å². The molecule has 1 aromatic rings. The molecule has 1 amide bonds. The Bertz CT molecular complexity index is 402. The van der Waals surface area contributed by atoms with Crippen LogP contribution in [-0.4, -0.2) is 18.0 Å². The van der Waals surface area contributed by atoms with E-state index in [0.29, 0.717) is 12.1 Å². The maximum atomic E-state index is 11.9. The zero-order valence-corrected chi connectivity index (χ0v) is 13.2. The van der Waals surface area contributed by atoms with E-state index in [9.17, 15) is 4.79 Å². The molecular weight excluding hydrogens is 351 g/mol. The first-order chi connectivity index (χ1) is 7.29. The van der Waals surface area contributed by atoms with E-state index < -0.39 is 0 Å². The third kappa shape index (κ3) is 5.70. The highest BCUT2D eigenvalue weighted by Crippen LogP contribution is 2.14. The Hall–Kier alpha value is -0.330. The van der Waals surface area contributed by atoms with E-state index >= 15 is 0 Å². The van der Waals surface area contributed by atoms with Gasteiger partial charge in [-0.25, -0.2) is 0 Å². The molecule has 0 heterocycles. The fourth-order valence-electron chi connectivity index (χ4n) is 1.22. The van der Waals surface area contributed by atoms with Crippen LogP contribution in [0.1, 0.15) is 29.8 Å². The summed E-state index contributed by atoms with van der Waals surface area (Å²) < 4.78 is 0.954. The third-order valence-electron chi connectivity index (χ3n) is 2.07. The lowest BCUT2D eigenvalue weighted by molar-refractivity contribution is 0.0945. The predicted molar refractivity (Wildman–Crippen MR) is 81.7 cm³/mol. The van der Waals surface area contributed by atoms with E-state index in [0.717, 1.165) is 9.13 Å². The zero-order chi connectivity index (χ0) is 12.3. The van der Waals surface area contributed by atoms with Gasteiger partial charge in [0.2, 0.25) is 0 Å². The topological polar surface area (TPSA) is 55.1 Å². The number of nitrogens with one attached hydrogen (secondary N) is 1. The first-order valence-electron chi connectivity index (χ1n) is 5.13. The van der Waals surface area contributed by atoms with Crippen LogP contribution in [0.25, 0.3) is 0 Å². The molecule has 0 spiro atoms. The Labute approximate surface area is 122 Å². The molecule has 0 unspecified atom stereocenters. The van der Waals surface area contributed by atoms with Crippen molar-refractivity contribution >= 4 is 40.9 Å². The van der Waals surface area contributed by atoms with E-state index in [1.807, 2.05) is 39.0 Å². The average Bonchev–Trinajstić information content (AvgIpc) is 2.17. The molecule has 5 heteroatoms. The Morgan fingerprint density at radius 3 is 2.59 bits per heavy atom. The average molecular weight is 369 g/mol. The van der Waals surface area contributed by atoms with Crippen molar-refractivity contribution in [2.24, 2.45) is 5.73 Å². The summed E-state index contributed by atoms with van der Waals surface area (Å²) in [5.41, 5.74) is 7.22. The van der Waals surface area contributed by atoms with Crippen LogP contribution in [-0.2, 0) is 0 Å². The number of benzene rings is 1. The number of amides is 1. The standard InChI is InChI=1S/C12H17IN2O.ClH/c1-8-4-5-10(13)9(6-8)11(16)15-7-12(2,3)14;/h4-6H,7,14H2,1-3H3,(H,15,16);1H. The lowest BCUT2D eigenvalue weighted by Gasteiger charge is -2.19. The van der Waals surface area contributed by atoms with E-state index in [1.165, 1.54) is 0 Å². The van der Waals surface area contributed by atoms with Gasteiger partial charge in [-0.2, -0.15) is 0 Å². The first kappa shape index (κ1) is 16.7. The van der Waals surface area contributed by atoms with Crippen molar-refractivity contribution < 1.29 is 4.79 Å². The van der Waals surface area contributed by atoms with Crippen molar-refractivity contribution in [2.45, 2.75) is 26.3 Å². The summed E-state index contributed by atoms with van der Waals surface area (Å²) >= 11 is 2.16. The van der Waals surface area contributed by atoms with Gasteiger partial charge in [0, 0.05) is 15.7 Å². The number of hydrogen-bond acceptors (Lipinski definition) is 2. The van der Waals surface area contributed by atoms with Crippen molar-refractivity contribution in [1.29, 1.82) is 0 Å². The molecular formula is C12H18ClIN2O.